The maximum atomic E-state index is 14.1. The number of benzene rings is 2. The zero-order valence-electron chi connectivity index (χ0n) is 19.0. The molecule has 1 aliphatic heterocycles. The van der Waals surface area contributed by atoms with Gasteiger partial charge in [0.2, 0.25) is 5.91 Å². The highest BCUT2D eigenvalue weighted by Crippen LogP contribution is 2.43. The van der Waals surface area contributed by atoms with E-state index in [1.54, 1.807) is 28.6 Å². The second-order valence-electron chi connectivity index (χ2n) is 8.70. The number of nitrogens with two attached hydrogens (primary N) is 1. The first-order chi connectivity index (χ1) is 17.5. The van der Waals surface area contributed by atoms with Crippen LogP contribution >= 0.6 is 11.3 Å². The molecule has 1 aliphatic rings. The molecule has 3 aromatic heterocycles. The van der Waals surface area contributed by atoms with Gasteiger partial charge in [-0.15, -0.1) is 11.3 Å². The number of aromatic nitrogens is 2. The maximum Gasteiger partial charge on any atom is 0.231 e. The number of carbonyl (C=O) groups is 1. The van der Waals surface area contributed by atoms with Gasteiger partial charge in [-0.3, -0.25) is 9.78 Å². The van der Waals surface area contributed by atoms with Gasteiger partial charge in [-0.25, -0.2) is 13.8 Å². The molecule has 178 valence electrons. The zero-order chi connectivity index (χ0) is 24.8. The van der Waals surface area contributed by atoms with Crippen LogP contribution in [-0.4, -0.2) is 22.4 Å². The Kier molecular flexibility index (Phi) is 5.45. The van der Waals surface area contributed by atoms with Crippen LogP contribution in [0.1, 0.15) is 11.1 Å². The zero-order valence-corrected chi connectivity index (χ0v) is 19.9. The number of nitrogens with zero attached hydrogens (tertiary/aromatic N) is 3. The Labute approximate surface area is 209 Å². The minimum Gasteiger partial charge on any atom is -0.383 e. The number of halogens is 2. The fourth-order valence-electron chi connectivity index (χ4n) is 4.77. The molecule has 0 saturated carbocycles. The van der Waals surface area contributed by atoms with Gasteiger partial charge in [0.15, 0.2) is 0 Å². The number of thiophene rings is 1. The average molecular weight is 499 g/mol. The topological polar surface area (TPSA) is 72.1 Å². The summed E-state index contributed by atoms with van der Waals surface area (Å²) in [5.74, 6) is -0.945. The van der Waals surface area contributed by atoms with Gasteiger partial charge < -0.3 is 10.6 Å². The molecule has 0 fully saturated rings. The summed E-state index contributed by atoms with van der Waals surface area (Å²) in [4.78, 5) is 23.3. The highest BCUT2D eigenvalue weighted by Gasteiger charge is 2.26. The summed E-state index contributed by atoms with van der Waals surface area (Å²) in [5.41, 5.74) is 12.1. The van der Waals surface area contributed by atoms with Crippen LogP contribution in [0.4, 0.5) is 20.3 Å². The molecule has 5 nitrogen and oxygen atoms in total. The molecule has 0 unspecified atom stereocenters. The van der Waals surface area contributed by atoms with E-state index in [1.807, 2.05) is 30.5 Å². The smallest absolute Gasteiger partial charge is 0.231 e. The monoisotopic (exact) mass is 498 g/mol. The number of nitrogen functional groups attached to an aromatic ring is 1. The number of amides is 1. The fraction of sp³-hybridized carbons (Fsp3) is 0.107. The summed E-state index contributed by atoms with van der Waals surface area (Å²) in [6, 6.07) is 13.0. The molecular weight excluding hydrogens is 478 g/mol. The van der Waals surface area contributed by atoms with Crippen molar-refractivity contribution >= 4 is 38.8 Å². The van der Waals surface area contributed by atoms with E-state index in [1.165, 1.54) is 0 Å². The first-order valence-electron chi connectivity index (χ1n) is 11.4. The normalized spacial score (nSPS) is 12.8. The molecule has 0 atom stereocenters. The van der Waals surface area contributed by atoms with Crippen LogP contribution in [-0.2, 0) is 17.6 Å². The van der Waals surface area contributed by atoms with E-state index in [2.05, 4.69) is 21.4 Å². The number of hydrogen-bond acceptors (Lipinski definition) is 5. The van der Waals surface area contributed by atoms with Crippen molar-refractivity contribution in [1.82, 2.24) is 9.97 Å². The van der Waals surface area contributed by atoms with Crippen molar-refractivity contribution in [3.8, 4) is 22.3 Å². The molecule has 0 spiro atoms. The average Bonchev–Trinajstić information content (AvgIpc) is 3.52. The Morgan fingerprint density at radius 1 is 1.06 bits per heavy atom. The molecule has 8 heteroatoms. The molecule has 0 bridgehead atoms. The molecule has 0 saturated heterocycles. The summed E-state index contributed by atoms with van der Waals surface area (Å²) in [7, 11) is 0. The van der Waals surface area contributed by atoms with Crippen molar-refractivity contribution in [2.24, 2.45) is 0 Å². The van der Waals surface area contributed by atoms with Crippen LogP contribution in [0.5, 0.6) is 0 Å². The molecule has 0 radical (unpaired) electrons. The fourth-order valence-corrected chi connectivity index (χ4v) is 5.89. The number of fused-ring (bicyclic) bond motifs is 2. The largest absolute Gasteiger partial charge is 0.383 e. The lowest BCUT2D eigenvalue weighted by molar-refractivity contribution is -0.117. The standard InChI is InChI=1S/C28H20F2N4OS/c29-20-4-5-23(30)19(11-20)12-25(35)34-9-7-17-10-16(3-6-24(17)34)22-15-36-27-21(14-33-28(31)26(22)27)18-2-1-8-32-13-18/h1-6,8,10-11,13-15H,7,9,12H2,(H2,31,33). The van der Waals surface area contributed by atoms with Crippen molar-refractivity contribution in [2.75, 3.05) is 17.2 Å². The summed E-state index contributed by atoms with van der Waals surface area (Å²) in [6.07, 6.45) is 5.81. The number of rotatable bonds is 4. The predicted molar refractivity (Wildman–Crippen MR) is 139 cm³/mol. The molecule has 2 aromatic carbocycles. The quantitative estimate of drug-likeness (QED) is 0.329. The van der Waals surface area contributed by atoms with Crippen LogP contribution < -0.4 is 10.6 Å². The van der Waals surface area contributed by atoms with Crippen molar-refractivity contribution in [3.05, 3.63) is 95.3 Å². The van der Waals surface area contributed by atoms with E-state index < -0.39 is 11.6 Å². The minimum atomic E-state index is -0.583. The summed E-state index contributed by atoms with van der Waals surface area (Å²) in [6.45, 7) is 0.494. The van der Waals surface area contributed by atoms with Crippen molar-refractivity contribution < 1.29 is 13.6 Å². The highest BCUT2D eigenvalue weighted by molar-refractivity contribution is 7.18. The van der Waals surface area contributed by atoms with Crippen LogP contribution in [0.25, 0.3) is 32.3 Å². The van der Waals surface area contributed by atoms with E-state index in [-0.39, 0.29) is 17.9 Å². The Hall–Kier alpha value is -4.17. The Balaban J connectivity index is 1.34. The Bertz CT molecular complexity index is 1630. The van der Waals surface area contributed by atoms with Gasteiger partial charge in [-0.1, -0.05) is 12.1 Å². The first-order valence-corrected chi connectivity index (χ1v) is 12.3. The molecule has 0 aliphatic carbocycles. The number of hydrogen-bond donors (Lipinski definition) is 1. The van der Waals surface area contributed by atoms with Crippen LogP contribution in [0.2, 0.25) is 0 Å². The molecule has 6 rings (SSSR count). The Morgan fingerprint density at radius 3 is 2.78 bits per heavy atom. The SMILES string of the molecule is Nc1ncc(-c2cccnc2)c2scc(-c3ccc4c(c3)CCN4C(=O)Cc3cc(F)ccc3F)c12. The second-order valence-corrected chi connectivity index (χ2v) is 9.58. The van der Waals surface area contributed by atoms with E-state index in [0.717, 1.165) is 61.8 Å². The summed E-state index contributed by atoms with van der Waals surface area (Å²) in [5, 5.41) is 2.98. The van der Waals surface area contributed by atoms with Crippen molar-refractivity contribution in [1.29, 1.82) is 0 Å². The third-order valence-corrected chi connectivity index (χ3v) is 7.55. The minimum absolute atomic E-state index is 0.0576. The molecular formula is C28H20F2N4OS. The third kappa shape index (κ3) is 3.79. The molecule has 36 heavy (non-hydrogen) atoms. The molecule has 4 heterocycles. The third-order valence-electron chi connectivity index (χ3n) is 6.53. The van der Waals surface area contributed by atoms with Gasteiger partial charge in [-0.05, 0) is 59.3 Å². The van der Waals surface area contributed by atoms with E-state index in [0.29, 0.717) is 18.8 Å². The lowest BCUT2D eigenvalue weighted by atomic mass is 9.99. The Morgan fingerprint density at radius 2 is 1.94 bits per heavy atom. The number of anilines is 2. The summed E-state index contributed by atoms with van der Waals surface area (Å²) < 4.78 is 28.7. The van der Waals surface area contributed by atoms with E-state index in [4.69, 9.17) is 5.73 Å². The van der Waals surface area contributed by atoms with Crippen LogP contribution in [0.3, 0.4) is 0 Å². The lowest BCUT2D eigenvalue weighted by Gasteiger charge is -2.18. The van der Waals surface area contributed by atoms with Gasteiger partial charge in [-0.2, -0.15) is 0 Å². The van der Waals surface area contributed by atoms with Gasteiger partial charge in [0.05, 0.1) is 6.42 Å². The van der Waals surface area contributed by atoms with Gasteiger partial charge in [0, 0.05) is 63.2 Å². The summed E-state index contributed by atoms with van der Waals surface area (Å²) >= 11 is 1.61. The predicted octanol–water partition coefficient (Wildman–Crippen LogP) is 6.02. The number of carbonyl (C=O) groups excluding carboxylic acids is 1. The van der Waals surface area contributed by atoms with Crippen LogP contribution in [0, 0.1) is 11.6 Å². The molecule has 1 amide bonds. The van der Waals surface area contributed by atoms with Crippen molar-refractivity contribution in [2.45, 2.75) is 12.8 Å². The molecule has 2 N–H and O–H groups in total. The lowest BCUT2D eigenvalue weighted by Crippen LogP contribution is -2.30. The number of pyridine rings is 2. The second kappa shape index (κ2) is 8.80. The van der Waals surface area contributed by atoms with Crippen molar-refractivity contribution in [3.63, 3.8) is 0 Å². The van der Waals surface area contributed by atoms with E-state index in [9.17, 15) is 13.6 Å². The van der Waals surface area contributed by atoms with Gasteiger partial charge in [0.25, 0.3) is 0 Å². The molecule has 5 aromatic rings. The van der Waals surface area contributed by atoms with E-state index >= 15 is 0 Å². The van der Waals surface area contributed by atoms with Gasteiger partial charge >= 0.3 is 0 Å². The highest BCUT2D eigenvalue weighted by atomic mass is 32.1. The maximum absolute atomic E-state index is 14.1. The van der Waals surface area contributed by atoms with Crippen LogP contribution in [0.15, 0.2) is 72.5 Å². The van der Waals surface area contributed by atoms with Gasteiger partial charge in [0.1, 0.15) is 17.5 Å². The first kappa shape index (κ1) is 22.3.